The quantitative estimate of drug-likeness (QED) is 0.898. The van der Waals surface area contributed by atoms with Gasteiger partial charge in [0.25, 0.3) is 0 Å². The van der Waals surface area contributed by atoms with E-state index in [0.717, 1.165) is 27.9 Å². The van der Waals surface area contributed by atoms with E-state index in [-0.39, 0.29) is 0 Å². The van der Waals surface area contributed by atoms with E-state index >= 15 is 0 Å². The van der Waals surface area contributed by atoms with Gasteiger partial charge in [-0.15, -0.1) is 0 Å². The van der Waals surface area contributed by atoms with Crippen LogP contribution in [-0.4, -0.2) is 13.2 Å². The zero-order chi connectivity index (χ0) is 14.0. The Kier molecular flexibility index (Phi) is 4.50. The van der Waals surface area contributed by atoms with E-state index in [1.807, 2.05) is 19.1 Å². The zero-order valence-electron chi connectivity index (χ0n) is 11.8. The van der Waals surface area contributed by atoms with Crippen molar-refractivity contribution in [1.29, 1.82) is 0 Å². The summed E-state index contributed by atoms with van der Waals surface area (Å²) in [6.45, 7) is 7.43. The van der Waals surface area contributed by atoms with E-state index in [1.165, 1.54) is 0 Å². The second kappa shape index (κ2) is 5.95. The number of ether oxygens (including phenoxy) is 1. The molecule has 0 radical (unpaired) electrons. The molecule has 104 valence electrons. The number of nitrogens with one attached hydrogen (secondary N) is 1. The van der Waals surface area contributed by atoms with Crippen LogP contribution in [0, 0.1) is 6.92 Å². The molecule has 0 spiro atoms. The van der Waals surface area contributed by atoms with Crippen molar-refractivity contribution in [3.05, 3.63) is 34.0 Å². The summed E-state index contributed by atoms with van der Waals surface area (Å²) in [6.07, 6.45) is 0. The summed E-state index contributed by atoms with van der Waals surface area (Å²) >= 11 is 6.31. The maximum Gasteiger partial charge on any atom is 0.139 e. The monoisotopic (exact) mass is 281 g/mol. The molecule has 2 rings (SSSR count). The van der Waals surface area contributed by atoms with Gasteiger partial charge in [0.15, 0.2) is 0 Å². The van der Waals surface area contributed by atoms with Crippen molar-refractivity contribution in [3.63, 3.8) is 0 Å². The van der Waals surface area contributed by atoms with Gasteiger partial charge in [-0.25, -0.2) is 0 Å². The number of benzene rings is 1. The largest absolute Gasteiger partial charge is 0.459 e. The average Bonchev–Trinajstić information content (AvgIpc) is 2.72. The summed E-state index contributed by atoms with van der Waals surface area (Å²) in [7, 11) is 1.68. The third kappa shape index (κ3) is 2.94. The standard InChI is InChI=1S/C15H20ClNO2/c1-9(2)17-7-13-11(8-18-4)14-12(16)6-5-10(3)15(14)19-13/h5-6,9,17H,7-8H2,1-4H3. The molecule has 1 aromatic carbocycles. The Morgan fingerprint density at radius 1 is 1.37 bits per heavy atom. The van der Waals surface area contributed by atoms with Gasteiger partial charge in [-0.1, -0.05) is 31.5 Å². The van der Waals surface area contributed by atoms with Crippen molar-refractivity contribution < 1.29 is 9.15 Å². The lowest BCUT2D eigenvalue weighted by Gasteiger charge is -2.07. The van der Waals surface area contributed by atoms with E-state index < -0.39 is 0 Å². The minimum atomic E-state index is 0.403. The highest BCUT2D eigenvalue weighted by atomic mass is 35.5. The molecule has 4 heteroatoms. The van der Waals surface area contributed by atoms with Crippen molar-refractivity contribution in [1.82, 2.24) is 5.32 Å². The fraction of sp³-hybridized carbons (Fsp3) is 0.467. The van der Waals surface area contributed by atoms with Gasteiger partial charge < -0.3 is 14.5 Å². The molecule has 1 aromatic heterocycles. The zero-order valence-corrected chi connectivity index (χ0v) is 12.6. The topological polar surface area (TPSA) is 34.4 Å². The molecule has 2 aromatic rings. The van der Waals surface area contributed by atoms with Gasteiger partial charge in [-0.3, -0.25) is 0 Å². The second-order valence-corrected chi connectivity index (χ2v) is 5.45. The minimum Gasteiger partial charge on any atom is -0.459 e. The maximum atomic E-state index is 6.31. The number of hydrogen-bond acceptors (Lipinski definition) is 3. The Morgan fingerprint density at radius 3 is 2.74 bits per heavy atom. The third-order valence-corrected chi connectivity index (χ3v) is 3.44. The summed E-state index contributed by atoms with van der Waals surface area (Å²) in [4.78, 5) is 0. The van der Waals surface area contributed by atoms with Gasteiger partial charge >= 0.3 is 0 Å². The van der Waals surface area contributed by atoms with Crippen LogP contribution in [0.5, 0.6) is 0 Å². The molecule has 0 aliphatic rings. The summed E-state index contributed by atoms with van der Waals surface area (Å²) in [5, 5.41) is 5.06. The van der Waals surface area contributed by atoms with Crippen LogP contribution in [0.3, 0.4) is 0 Å². The number of methoxy groups -OCH3 is 1. The number of furan rings is 1. The van der Waals surface area contributed by atoms with Crippen LogP contribution >= 0.6 is 11.6 Å². The smallest absolute Gasteiger partial charge is 0.139 e. The third-order valence-electron chi connectivity index (χ3n) is 3.13. The van der Waals surface area contributed by atoms with Crippen LogP contribution < -0.4 is 5.32 Å². The van der Waals surface area contributed by atoms with Crippen LogP contribution in [0.1, 0.15) is 30.7 Å². The molecular formula is C15H20ClNO2. The number of aryl methyl sites for hydroxylation is 1. The summed E-state index contributed by atoms with van der Waals surface area (Å²) in [6, 6.07) is 4.29. The summed E-state index contributed by atoms with van der Waals surface area (Å²) < 4.78 is 11.3. The Morgan fingerprint density at radius 2 is 2.11 bits per heavy atom. The molecule has 0 aliphatic heterocycles. The lowest BCUT2D eigenvalue weighted by Crippen LogP contribution is -2.22. The van der Waals surface area contributed by atoms with E-state index in [9.17, 15) is 0 Å². The first-order chi connectivity index (χ1) is 9.04. The fourth-order valence-electron chi connectivity index (χ4n) is 2.14. The summed E-state index contributed by atoms with van der Waals surface area (Å²) in [5.74, 6) is 0.904. The molecule has 3 nitrogen and oxygen atoms in total. The molecule has 0 aliphatic carbocycles. The predicted molar refractivity (Wildman–Crippen MR) is 78.6 cm³/mol. The highest BCUT2D eigenvalue weighted by Crippen LogP contribution is 2.34. The molecule has 0 saturated carbocycles. The van der Waals surface area contributed by atoms with Crippen molar-refractivity contribution in [2.24, 2.45) is 0 Å². The Labute approximate surface area is 118 Å². The predicted octanol–water partition coefficient (Wildman–Crippen LogP) is 4.04. The normalized spacial score (nSPS) is 11.7. The second-order valence-electron chi connectivity index (χ2n) is 5.04. The molecule has 19 heavy (non-hydrogen) atoms. The molecule has 0 fully saturated rings. The first-order valence-electron chi connectivity index (χ1n) is 6.46. The first kappa shape index (κ1) is 14.4. The molecule has 1 N–H and O–H groups in total. The van der Waals surface area contributed by atoms with Gasteiger partial charge in [-0.05, 0) is 18.6 Å². The van der Waals surface area contributed by atoms with Crippen molar-refractivity contribution >= 4 is 22.6 Å². The Bertz CT molecular complexity index is 575. The lowest BCUT2D eigenvalue weighted by molar-refractivity contribution is 0.183. The lowest BCUT2D eigenvalue weighted by atomic mass is 10.1. The van der Waals surface area contributed by atoms with E-state index in [1.54, 1.807) is 7.11 Å². The molecule has 0 saturated heterocycles. The number of hydrogen-bond donors (Lipinski definition) is 1. The summed E-state index contributed by atoms with van der Waals surface area (Å²) in [5.41, 5.74) is 2.99. The molecule has 0 bridgehead atoms. The van der Waals surface area contributed by atoms with Crippen LogP contribution in [0.2, 0.25) is 5.02 Å². The van der Waals surface area contributed by atoms with Crippen LogP contribution in [0.25, 0.3) is 11.0 Å². The number of halogens is 1. The van der Waals surface area contributed by atoms with E-state index in [2.05, 4.69) is 19.2 Å². The molecule has 0 unspecified atom stereocenters. The van der Waals surface area contributed by atoms with Crippen LogP contribution in [0.15, 0.2) is 16.5 Å². The molecule has 0 atom stereocenters. The highest BCUT2D eigenvalue weighted by molar-refractivity contribution is 6.35. The maximum absolute atomic E-state index is 6.31. The first-order valence-corrected chi connectivity index (χ1v) is 6.84. The van der Waals surface area contributed by atoms with E-state index in [4.69, 9.17) is 20.8 Å². The van der Waals surface area contributed by atoms with Crippen LogP contribution in [-0.2, 0) is 17.9 Å². The molecular weight excluding hydrogens is 262 g/mol. The number of fused-ring (bicyclic) bond motifs is 1. The minimum absolute atomic E-state index is 0.403. The SMILES string of the molecule is COCc1c(CNC(C)C)oc2c(C)ccc(Cl)c12. The van der Waals surface area contributed by atoms with Gasteiger partial charge in [0, 0.05) is 24.1 Å². The van der Waals surface area contributed by atoms with E-state index in [0.29, 0.717) is 24.2 Å². The van der Waals surface area contributed by atoms with Crippen molar-refractivity contribution in [3.8, 4) is 0 Å². The Balaban J connectivity index is 2.53. The van der Waals surface area contributed by atoms with Crippen molar-refractivity contribution in [2.75, 3.05) is 7.11 Å². The van der Waals surface area contributed by atoms with Gasteiger partial charge in [0.1, 0.15) is 11.3 Å². The van der Waals surface area contributed by atoms with Gasteiger partial charge in [0.2, 0.25) is 0 Å². The number of rotatable bonds is 5. The van der Waals surface area contributed by atoms with Gasteiger partial charge in [-0.2, -0.15) is 0 Å². The Hall–Kier alpha value is -1.03. The van der Waals surface area contributed by atoms with Crippen molar-refractivity contribution in [2.45, 2.75) is 40.0 Å². The van der Waals surface area contributed by atoms with Gasteiger partial charge in [0.05, 0.1) is 18.2 Å². The molecule has 1 heterocycles. The fourth-order valence-corrected chi connectivity index (χ4v) is 2.40. The average molecular weight is 282 g/mol. The van der Waals surface area contributed by atoms with Crippen LogP contribution in [0.4, 0.5) is 0 Å². The molecule has 0 amide bonds. The highest BCUT2D eigenvalue weighted by Gasteiger charge is 2.18.